The molecule has 0 radical (unpaired) electrons. The molecule has 2 amide bonds. The van der Waals surface area contributed by atoms with Crippen LogP contribution in [0.5, 0.6) is 5.75 Å². The van der Waals surface area contributed by atoms with E-state index in [0.717, 1.165) is 12.0 Å². The van der Waals surface area contributed by atoms with Crippen LogP contribution in [-0.2, 0) is 13.1 Å². The summed E-state index contributed by atoms with van der Waals surface area (Å²) in [6.07, 6.45) is 0.759. The maximum absolute atomic E-state index is 13.0. The van der Waals surface area contributed by atoms with Gasteiger partial charge in [0.05, 0.1) is 13.7 Å². The number of nitrogens with zero attached hydrogens (tertiary/aromatic N) is 2. The Labute approximate surface area is 179 Å². The van der Waals surface area contributed by atoms with Crippen LogP contribution in [0.4, 0.5) is 4.39 Å². The number of ether oxygens (including phenoxy) is 1. The molecule has 2 aromatic carbocycles. The van der Waals surface area contributed by atoms with Crippen LogP contribution in [0, 0.1) is 5.82 Å². The topological polar surface area (TPSA) is 84.7 Å². The highest BCUT2D eigenvalue weighted by Crippen LogP contribution is 2.17. The van der Waals surface area contributed by atoms with E-state index >= 15 is 0 Å². The number of carbonyl (C=O) groups excluding carboxylic acids is 2. The molecule has 0 spiro atoms. The van der Waals surface area contributed by atoms with E-state index in [-0.39, 0.29) is 30.5 Å². The molecular formula is C23H24FN3O4. The third-order valence-corrected chi connectivity index (χ3v) is 4.60. The van der Waals surface area contributed by atoms with E-state index in [0.29, 0.717) is 23.6 Å². The SMILES string of the molecule is CCCN(Cc1cc(C(=O)NCc2ccc(F)cc2)no1)C(=O)c1cccc(OC)c1. The summed E-state index contributed by atoms with van der Waals surface area (Å²) in [7, 11) is 1.55. The van der Waals surface area contributed by atoms with Crippen LogP contribution in [0.1, 0.15) is 45.5 Å². The van der Waals surface area contributed by atoms with Crippen LogP contribution in [-0.4, -0.2) is 35.5 Å². The molecule has 1 aromatic heterocycles. The van der Waals surface area contributed by atoms with E-state index in [4.69, 9.17) is 9.26 Å². The van der Waals surface area contributed by atoms with Gasteiger partial charge in [0.25, 0.3) is 11.8 Å². The van der Waals surface area contributed by atoms with Crippen molar-refractivity contribution in [1.82, 2.24) is 15.4 Å². The predicted octanol–water partition coefficient (Wildman–Crippen LogP) is 3.80. The van der Waals surface area contributed by atoms with Gasteiger partial charge in [0.1, 0.15) is 11.6 Å². The zero-order valence-corrected chi connectivity index (χ0v) is 17.4. The summed E-state index contributed by atoms with van der Waals surface area (Å²) in [6, 6.07) is 14.3. The number of hydrogen-bond acceptors (Lipinski definition) is 5. The third-order valence-electron chi connectivity index (χ3n) is 4.60. The van der Waals surface area contributed by atoms with Crippen molar-refractivity contribution in [3.05, 3.63) is 83.0 Å². The first-order valence-corrected chi connectivity index (χ1v) is 9.91. The minimum Gasteiger partial charge on any atom is -0.497 e. The van der Waals surface area contributed by atoms with Crippen molar-refractivity contribution in [3.8, 4) is 5.75 Å². The largest absolute Gasteiger partial charge is 0.497 e. The van der Waals surface area contributed by atoms with Gasteiger partial charge >= 0.3 is 0 Å². The molecule has 0 aliphatic rings. The van der Waals surface area contributed by atoms with Gasteiger partial charge in [0.15, 0.2) is 11.5 Å². The van der Waals surface area contributed by atoms with E-state index in [1.165, 1.54) is 18.2 Å². The summed E-state index contributed by atoms with van der Waals surface area (Å²) in [6.45, 7) is 2.91. The molecule has 7 nitrogen and oxygen atoms in total. The maximum atomic E-state index is 13.0. The predicted molar refractivity (Wildman–Crippen MR) is 112 cm³/mol. The number of rotatable bonds is 9. The Morgan fingerprint density at radius 1 is 1.16 bits per heavy atom. The first-order valence-electron chi connectivity index (χ1n) is 9.91. The minimum absolute atomic E-state index is 0.113. The molecule has 0 saturated carbocycles. The lowest BCUT2D eigenvalue weighted by Gasteiger charge is -2.21. The molecule has 162 valence electrons. The Morgan fingerprint density at radius 2 is 1.94 bits per heavy atom. The zero-order valence-electron chi connectivity index (χ0n) is 17.4. The van der Waals surface area contributed by atoms with Gasteiger partial charge in [-0.2, -0.15) is 0 Å². The van der Waals surface area contributed by atoms with Crippen molar-refractivity contribution in [2.45, 2.75) is 26.4 Å². The van der Waals surface area contributed by atoms with Crippen molar-refractivity contribution in [2.75, 3.05) is 13.7 Å². The summed E-state index contributed by atoms with van der Waals surface area (Å²) in [5.41, 5.74) is 1.38. The average Bonchev–Trinajstić information content (AvgIpc) is 3.26. The number of hydrogen-bond donors (Lipinski definition) is 1. The first kappa shape index (κ1) is 22.0. The van der Waals surface area contributed by atoms with E-state index < -0.39 is 5.91 Å². The number of methoxy groups -OCH3 is 1. The van der Waals surface area contributed by atoms with Crippen molar-refractivity contribution >= 4 is 11.8 Å². The quantitative estimate of drug-likeness (QED) is 0.564. The minimum atomic E-state index is -0.416. The van der Waals surface area contributed by atoms with Gasteiger partial charge in [0, 0.05) is 24.7 Å². The molecule has 1 heterocycles. The number of benzene rings is 2. The van der Waals surface area contributed by atoms with Crippen LogP contribution in [0.15, 0.2) is 59.1 Å². The van der Waals surface area contributed by atoms with Crippen molar-refractivity contribution < 1.29 is 23.2 Å². The van der Waals surface area contributed by atoms with E-state index in [1.807, 2.05) is 6.92 Å². The summed E-state index contributed by atoms with van der Waals surface area (Å²) < 4.78 is 23.4. The zero-order chi connectivity index (χ0) is 22.2. The Hall–Kier alpha value is -3.68. The number of halogens is 1. The number of amides is 2. The lowest BCUT2D eigenvalue weighted by Crippen LogP contribution is -2.31. The molecule has 8 heteroatoms. The maximum Gasteiger partial charge on any atom is 0.273 e. The normalized spacial score (nSPS) is 10.5. The molecule has 0 atom stereocenters. The lowest BCUT2D eigenvalue weighted by molar-refractivity contribution is 0.0726. The Morgan fingerprint density at radius 3 is 2.65 bits per heavy atom. The molecule has 31 heavy (non-hydrogen) atoms. The molecule has 0 saturated heterocycles. The second kappa shape index (κ2) is 10.4. The molecule has 3 rings (SSSR count). The Balaban J connectivity index is 1.64. The van der Waals surface area contributed by atoms with Crippen LogP contribution in [0.2, 0.25) is 0 Å². The van der Waals surface area contributed by atoms with E-state index in [2.05, 4.69) is 10.5 Å². The molecule has 0 fully saturated rings. The highest BCUT2D eigenvalue weighted by atomic mass is 19.1. The smallest absolute Gasteiger partial charge is 0.273 e. The summed E-state index contributed by atoms with van der Waals surface area (Å²) in [5.74, 6) is 0.0787. The van der Waals surface area contributed by atoms with E-state index in [9.17, 15) is 14.0 Å². The van der Waals surface area contributed by atoms with Gasteiger partial charge in [-0.25, -0.2) is 4.39 Å². The molecule has 0 aliphatic heterocycles. The van der Waals surface area contributed by atoms with Crippen LogP contribution in [0.25, 0.3) is 0 Å². The van der Waals surface area contributed by atoms with Crippen molar-refractivity contribution in [1.29, 1.82) is 0 Å². The van der Waals surface area contributed by atoms with Crippen LogP contribution >= 0.6 is 0 Å². The Kier molecular flexibility index (Phi) is 7.37. The summed E-state index contributed by atoms with van der Waals surface area (Å²) in [5, 5.41) is 6.52. The fourth-order valence-corrected chi connectivity index (χ4v) is 3.02. The Bertz CT molecular complexity index is 1030. The second-order valence-corrected chi connectivity index (χ2v) is 6.95. The fourth-order valence-electron chi connectivity index (χ4n) is 3.02. The highest BCUT2D eigenvalue weighted by Gasteiger charge is 2.20. The second-order valence-electron chi connectivity index (χ2n) is 6.95. The molecule has 0 aliphatic carbocycles. The van der Waals surface area contributed by atoms with Crippen molar-refractivity contribution in [3.63, 3.8) is 0 Å². The molecule has 3 aromatic rings. The van der Waals surface area contributed by atoms with Crippen molar-refractivity contribution in [2.24, 2.45) is 0 Å². The van der Waals surface area contributed by atoms with Gasteiger partial charge in [0.2, 0.25) is 0 Å². The molecule has 1 N–H and O–H groups in total. The van der Waals surface area contributed by atoms with Gasteiger partial charge in [-0.05, 0) is 42.3 Å². The third kappa shape index (κ3) is 5.91. The lowest BCUT2D eigenvalue weighted by atomic mass is 10.1. The number of aromatic nitrogens is 1. The fraction of sp³-hybridized carbons (Fsp3) is 0.261. The molecule has 0 unspecified atom stereocenters. The highest BCUT2D eigenvalue weighted by molar-refractivity contribution is 5.94. The van der Waals surface area contributed by atoms with Gasteiger partial charge in [-0.15, -0.1) is 0 Å². The van der Waals surface area contributed by atoms with Gasteiger partial charge in [-0.1, -0.05) is 30.3 Å². The molecule has 0 bridgehead atoms. The standard InChI is InChI=1S/C23H24FN3O4/c1-3-11-27(23(29)17-5-4-6-19(12-17)30-2)15-20-13-21(26-31-20)22(28)25-14-16-7-9-18(24)10-8-16/h4-10,12-13H,3,11,14-15H2,1-2H3,(H,25,28). The average molecular weight is 425 g/mol. The van der Waals surface area contributed by atoms with Gasteiger partial charge < -0.3 is 19.5 Å². The summed E-state index contributed by atoms with van der Waals surface area (Å²) in [4.78, 5) is 26.9. The van der Waals surface area contributed by atoms with E-state index in [1.54, 1.807) is 48.4 Å². The van der Waals surface area contributed by atoms with Crippen LogP contribution in [0.3, 0.4) is 0 Å². The number of carbonyl (C=O) groups is 2. The monoisotopic (exact) mass is 425 g/mol. The van der Waals surface area contributed by atoms with Gasteiger partial charge in [-0.3, -0.25) is 9.59 Å². The first-order chi connectivity index (χ1) is 15.0. The summed E-state index contributed by atoms with van der Waals surface area (Å²) >= 11 is 0. The van der Waals surface area contributed by atoms with Crippen LogP contribution < -0.4 is 10.1 Å². The number of nitrogens with one attached hydrogen (secondary N) is 1. The molecular weight excluding hydrogens is 401 g/mol.